The molecule has 0 heterocycles. The van der Waals surface area contributed by atoms with Crippen molar-refractivity contribution in [2.45, 2.75) is 385 Å². The Kier molecular flexibility index (Phi) is 48.8. The lowest BCUT2D eigenvalue weighted by molar-refractivity contribution is 0.0822. The lowest BCUT2D eigenvalue weighted by Gasteiger charge is -2.46. The first-order valence-electron chi connectivity index (χ1n) is 30.9. The van der Waals surface area contributed by atoms with Crippen LogP contribution >= 0.6 is 23.5 Å². The topological polar surface area (TPSA) is 9.23 Å². The zero-order valence-corrected chi connectivity index (χ0v) is 48.7. The second-order valence-corrected chi connectivity index (χ2v) is 24.8. The summed E-state index contributed by atoms with van der Waals surface area (Å²) in [5, 5.41) is 0. The van der Waals surface area contributed by atoms with Crippen LogP contribution in [0.1, 0.15) is 365 Å². The fraction of sp³-hybridized carbons (Fsp3) is 1.00. The Balaban J connectivity index is 7.22. The van der Waals surface area contributed by atoms with Crippen LogP contribution in [-0.2, 0) is 4.74 Å². The minimum Gasteiger partial charge on any atom is -0.354 e. The molecule has 0 saturated heterocycles. The molecule has 0 rings (SSSR count). The molecule has 0 aromatic carbocycles. The van der Waals surface area contributed by atoms with E-state index >= 15 is 0 Å². The van der Waals surface area contributed by atoms with Crippen LogP contribution in [0.4, 0.5) is 0 Å². The number of thioether (sulfide) groups is 2. The van der Waals surface area contributed by atoms with Crippen LogP contribution in [-0.4, -0.2) is 20.4 Å². The molecule has 0 amide bonds. The van der Waals surface area contributed by atoms with Gasteiger partial charge in [0.1, 0.15) is 10.9 Å². The molecular weight excluding hydrogens is 825 g/mol. The molecule has 0 aromatic heterocycles. The van der Waals surface area contributed by atoms with Crippen LogP contribution in [0.3, 0.4) is 0 Å². The number of hydrogen-bond donors (Lipinski definition) is 0. The maximum absolute atomic E-state index is 7.82. The highest BCUT2D eigenvalue weighted by Crippen LogP contribution is 2.53. The van der Waals surface area contributed by atoms with Gasteiger partial charge in [-0.05, 0) is 76.0 Å². The average Bonchev–Trinajstić information content (AvgIpc) is 3.32. The van der Waals surface area contributed by atoms with E-state index in [2.05, 4.69) is 92.8 Å². The van der Waals surface area contributed by atoms with Gasteiger partial charge in [-0.2, -0.15) is 0 Å². The molecule has 4 unspecified atom stereocenters. The first-order chi connectivity index (χ1) is 31.9. The summed E-state index contributed by atoms with van der Waals surface area (Å²) in [6, 6.07) is 0. The molecule has 0 N–H and O–H groups in total. The van der Waals surface area contributed by atoms with Crippen molar-refractivity contribution in [1.29, 1.82) is 0 Å². The molecule has 0 spiro atoms. The second-order valence-electron chi connectivity index (χ2n) is 21.6. The highest BCUT2D eigenvalue weighted by atomic mass is 32.2. The Hall–Kier alpha value is 0.660. The normalized spacial score (nSPS) is 14.3. The molecule has 0 radical (unpaired) electrons. The summed E-state index contributed by atoms with van der Waals surface area (Å²) in [4.78, 5) is 0. The van der Waals surface area contributed by atoms with Crippen LogP contribution < -0.4 is 0 Å². The SMILES string of the molecule is CCCCCCCCC(CCCCCC)C(CCCCCC)(CCCCCC)SC(CC)OC(CC)SC(CCCCCC)(CCCCCC)C(CCCCCC)CCCCCCCC. The van der Waals surface area contributed by atoms with Gasteiger partial charge < -0.3 is 4.74 Å². The van der Waals surface area contributed by atoms with Crippen molar-refractivity contribution in [2.24, 2.45) is 11.8 Å². The standard InChI is InChI=1S/C62H126OS2/c1-11-21-29-37-39-43-51-57(49-41-31-23-13-3)61(53-45-33-25-15-5,54-46-34-26-16-6)64-59(19-9)63-60(20-10)65-62(55-47-35-27-17-7,56-48-36-28-18-8)58(50-42-32-24-14-4)52-44-40-38-30-22-12-2/h57-60H,11-56H2,1-10H3. The zero-order chi connectivity index (χ0) is 48.0. The zero-order valence-electron chi connectivity index (χ0n) is 47.1. The van der Waals surface area contributed by atoms with E-state index in [1.165, 1.54) is 283 Å². The summed E-state index contributed by atoms with van der Waals surface area (Å²) >= 11 is 4.86. The molecule has 3 heteroatoms. The summed E-state index contributed by atoms with van der Waals surface area (Å²) in [7, 11) is 0. The number of rotatable bonds is 54. The Bertz CT molecular complexity index is 824. The van der Waals surface area contributed by atoms with Crippen LogP contribution in [0.15, 0.2) is 0 Å². The van der Waals surface area contributed by atoms with E-state index in [0.717, 1.165) is 24.7 Å². The molecular formula is C62H126OS2. The predicted octanol–water partition coefficient (Wildman–Crippen LogP) is 24.0. The van der Waals surface area contributed by atoms with E-state index in [1.807, 2.05) is 0 Å². The Morgan fingerprint density at radius 2 is 0.462 bits per heavy atom. The van der Waals surface area contributed by atoms with Gasteiger partial charge >= 0.3 is 0 Å². The van der Waals surface area contributed by atoms with Crippen molar-refractivity contribution >= 4 is 23.5 Å². The van der Waals surface area contributed by atoms with Gasteiger partial charge in [0.05, 0.1) is 0 Å². The van der Waals surface area contributed by atoms with E-state index in [1.54, 1.807) is 0 Å². The highest BCUT2D eigenvalue weighted by molar-refractivity contribution is 8.01. The fourth-order valence-electron chi connectivity index (χ4n) is 11.3. The first-order valence-corrected chi connectivity index (χ1v) is 32.6. The Morgan fingerprint density at radius 3 is 0.692 bits per heavy atom. The molecule has 0 aromatic rings. The third-order valence-electron chi connectivity index (χ3n) is 15.6. The molecule has 0 aliphatic carbocycles. The van der Waals surface area contributed by atoms with Gasteiger partial charge in [0.15, 0.2) is 0 Å². The van der Waals surface area contributed by atoms with Crippen LogP contribution in [0.5, 0.6) is 0 Å². The van der Waals surface area contributed by atoms with E-state index in [9.17, 15) is 0 Å². The summed E-state index contributed by atoms with van der Waals surface area (Å²) in [5.41, 5.74) is 0.596. The molecule has 4 atom stereocenters. The van der Waals surface area contributed by atoms with Gasteiger partial charge in [0.2, 0.25) is 0 Å². The number of unbranched alkanes of at least 4 members (excludes halogenated alkanes) is 28. The van der Waals surface area contributed by atoms with E-state index in [-0.39, 0.29) is 0 Å². The van der Waals surface area contributed by atoms with Crippen LogP contribution in [0.25, 0.3) is 0 Å². The van der Waals surface area contributed by atoms with Crippen molar-refractivity contribution in [1.82, 2.24) is 0 Å². The molecule has 0 fully saturated rings. The van der Waals surface area contributed by atoms with Gasteiger partial charge in [-0.15, -0.1) is 23.5 Å². The van der Waals surface area contributed by atoms with Gasteiger partial charge in [-0.3, -0.25) is 0 Å². The van der Waals surface area contributed by atoms with Crippen LogP contribution in [0.2, 0.25) is 0 Å². The van der Waals surface area contributed by atoms with E-state index in [0.29, 0.717) is 20.4 Å². The maximum atomic E-state index is 7.82. The van der Waals surface area contributed by atoms with Crippen molar-refractivity contribution < 1.29 is 4.74 Å². The minimum absolute atomic E-state index is 0.298. The van der Waals surface area contributed by atoms with Gasteiger partial charge in [-0.1, -0.05) is 300 Å². The van der Waals surface area contributed by atoms with Crippen molar-refractivity contribution in [3.8, 4) is 0 Å². The monoisotopic (exact) mass is 951 g/mol. The summed E-state index contributed by atoms with van der Waals surface area (Å²) in [6.45, 7) is 24.1. The summed E-state index contributed by atoms with van der Waals surface area (Å²) < 4.78 is 8.51. The maximum Gasteiger partial charge on any atom is 0.105 e. The smallest absolute Gasteiger partial charge is 0.105 e. The highest BCUT2D eigenvalue weighted by Gasteiger charge is 2.43. The lowest BCUT2D eigenvalue weighted by atomic mass is 9.77. The summed E-state index contributed by atoms with van der Waals surface area (Å²) in [6.07, 6.45) is 64.2. The van der Waals surface area contributed by atoms with Crippen molar-refractivity contribution in [3.63, 3.8) is 0 Å². The first kappa shape index (κ1) is 65.7. The summed E-state index contributed by atoms with van der Waals surface area (Å²) in [5.74, 6) is 1.65. The van der Waals surface area contributed by atoms with E-state index in [4.69, 9.17) is 4.74 Å². The molecule has 0 aliphatic heterocycles. The average molecular weight is 952 g/mol. The molecule has 392 valence electrons. The second kappa shape index (κ2) is 48.3. The predicted molar refractivity (Wildman–Crippen MR) is 305 cm³/mol. The van der Waals surface area contributed by atoms with Gasteiger partial charge in [-0.25, -0.2) is 0 Å². The van der Waals surface area contributed by atoms with Crippen LogP contribution in [0, 0.1) is 11.8 Å². The minimum atomic E-state index is 0.298. The van der Waals surface area contributed by atoms with Gasteiger partial charge in [0, 0.05) is 9.49 Å². The fourth-order valence-corrected chi connectivity index (χ4v) is 15.1. The van der Waals surface area contributed by atoms with E-state index < -0.39 is 0 Å². The number of hydrogen-bond acceptors (Lipinski definition) is 3. The quantitative estimate of drug-likeness (QED) is 0.0444. The Morgan fingerprint density at radius 1 is 0.262 bits per heavy atom. The molecule has 0 bridgehead atoms. The Labute approximate surface area is 422 Å². The lowest BCUT2D eigenvalue weighted by Crippen LogP contribution is -2.40. The molecule has 0 aliphatic rings. The largest absolute Gasteiger partial charge is 0.354 e. The van der Waals surface area contributed by atoms with Crippen molar-refractivity contribution in [2.75, 3.05) is 0 Å². The molecule has 0 saturated carbocycles. The third-order valence-corrected chi connectivity index (χ3v) is 19.5. The van der Waals surface area contributed by atoms with Gasteiger partial charge in [0.25, 0.3) is 0 Å². The molecule has 1 nitrogen and oxygen atoms in total. The third kappa shape index (κ3) is 33.8. The van der Waals surface area contributed by atoms with Crippen molar-refractivity contribution in [3.05, 3.63) is 0 Å². The number of ether oxygens (including phenoxy) is 1. The molecule has 65 heavy (non-hydrogen) atoms.